The van der Waals surface area contributed by atoms with Gasteiger partial charge in [0.1, 0.15) is 0 Å². The Morgan fingerprint density at radius 2 is 2.18 bits per heavy atom. The lowest BCUT2D eigenvalue weighted by molar-refractivity contribution is 0.268. The molecule has 1 heterocycles. The van der Waals surface area contributed by atoms with Gasteiger partial charge < -0.3 is 5.32 Å². The van der Waals surface area contributed by atoms with Crippen LogP contribution in [0.1, 0.15) is 45.7 Å². The summed E-state index contributed by atoms with van der Waals surface area (Å²) in [7, 11) is 2.02. The van der Waals surface area contributed by atoms with Crippen LogP contribution in [0.25, 0.3) is 0 Å². The molecule has 0 aliphatic rings. The Bertz CT molecular complexity index is 319. The van der Waals surface area contributed by atoms with E-state index in [9.17, 15) is 0 Å². The smallest absolute Gasteiger partial charge is 0.0492 e. The van der Waals surface area contributed by atoms with Crippen molar-refractivity contribution < 1.29 is 0 Å². The highest BCUT2D eigenvalue weighted by molar-refractivity contribution is 5.00. The Labute approximate surface area is 106 Å². The predicted molar refractivity (Wildman–Crippen MR) is 73.1 cm³/mol. The number of nitrogens with one attached hydrogen (secondary N) is 1. The predicted octanol–water partition coefficient (Wildman–Crippen LogP) is 2.77. The molecule has 0 radical (unpaired) electrons. The molecule has 17 heavy (non-hydrogen) atoms. The summed E-state index contributed by atoms with van der Waals surface area (Å²) in [5, 5.41) is 7.77. The van der Waals surface area contributed by atoms with E-state index in [2.05, 4.69) is 37.3 Å². The molecule has 1 unspecified atom stereocenters. The summed E-state index contributed by atoms with van der Waals surface area (Å²) in [5.41, 5.74) is 1.74. The second-order valence-electron chi connectivity index (χ2n) is 5.29. The van der Waals surface area contributed by atoms with Gasteiger partial charge in [0.25, 0.3) is 0 Å². The number of hydrogen-bond donors (Lipinski definition) is 1. The molecule has 1 N–H and O–H groups in total. The minimum atomic E-state index is 0.402. The van der Waals surface area contributed by atoms with Crippen LogP contribution in [0, 0.1) is 5.41 Å². The molecule has 3 nitrogen and oxygen atoms in total. The Morgan fingerprint density at radius 1 is 1.41 bits per heavy atom. The van der Waals surface area contributed by atoms with Crippen molar-refractivity contribution in [2.45, 2.75) is 46.5 Å². The van der Waals surface area contributed by atoms with Crippen LogP contribution in [0.4, 0.5) is 0 Å². The molecule has 3 heteroatoms. The zero-order chi connectivity index (χ0) is 12.7. The Hall–Kier alpha value is -0.830. The molecule has 0 amide bonds. The molecule has 0 spiro atoms. The molecular weight excluding hydrogens is 210 g/mol. The average molecular weight is 237 g/mol. The molecule has 1 aromatic rings. The van der Waals surface area contributed by atoms with Crippen molar-refractivity contribution in [1.29, 1.82) is 0 Å². The fourth-order valence-corrected chi connectivity index (χ4v) is 2.03. The van der Waals surface area contributed by atoms with Crippen LogP contribution >= 0.6 is 0 Å². The van der Waals surface area contributed by atoms with Crippen molar-refractivity contribution in [3.8, 4) is 0 Å². The van der Waals surface area contributed by atoms with Gasteiger partial charge in [-0.25, -0.2) is 0 Å². The first-order chi connectivity index (χ1) is 8.11. The molecule has 98 valence electrons. The highest BCUT2D eigenvalue weighted by Crippen LogP contribution is 2.26. The number of rotatable bonds is 8. The average Bonchev–Trinajstić information content (AvgIpc) is 2.73. The van der Waals surface area contributed by atoms with Crippen LogP contribution in [0.5, 0.6) is 0 Å². The van der Waals surface area contributed by atoms with Gasteiger partial charge in [-0.3, -0.25) is 4.68 Å². The maximum Gasteiger partial charge on any atom is 0.0492 e. The van der Waals surface area contributed by atoms with Gasteiger partial charge in [0.05, 0.1) is 0 Å². The highest BCUT2D eigenvalue weighted by atomic mass is 15.2. The number of nitrogens with zero attached hydrogens (tertiary/aromatic N) is 2. The van der Waals surface area contributed by atoms with Gasteiger partial charge in [-0.05, 0) is 43.7 Å². The summed E-state index contributed by atoms with van der Waals surface area (Å²) >= 11 is 0. The van der Waals surface area contributed by atoms with Crippen molar-refractivity contribution in [1.82, 2.24) is 15.1 Å². The second-order valence-corrected chi connectivity index (χ2v) is 5.29. The van der Waals surface area contributed by atoms with Crippen molar-refractivity contribution in [2.75, 3.05) is 13.1 Å². The lowest BCUT2D eigenvalue weighted by Crippen LogP contribution is -2.32. The molecule has 0 bridgehead atoms. The second kappa shape index (κ2) is 6.80. The zero-order valence-corrected chi connectivity index (χ0v) is 11.8. The third-order valence-electron chi connectivity index (χ3n) is 3.74. The quantitative estimate of drug-likeness (QED) is 0.705. The van der Waals surface area contributed by atoms with Crippen LogP contribution in [0.2, 0.25) is 0 Å². The van der Waals surface area contributed by atoms with Gasteiger partial charge in [-0.15, -0.1) is 0 Å². The first-order valence-corrected chi connectivity index (χ1v) is 6.79. The van der Waals surface area contributed by atoms with Gasteiger partial charge in [0, 0.05) is 25.5 Å². The van der Waals surface area contributed by atoms with Crippen LogP contribution < -0.4 is 5.32 Å². The van der Waals surface area contributed by atoms with Gasteiger partial charge in [-0.2, -0.15) is 5.10 Å². The first-order valence-electron chi connectivity index (χ1n) is 6.79. The fraction of sp³-hybridized carbons (Fsp3) is 0.786. The monoisotopic (exact) mass is 237 g/mol. The minimum absolute atomic E-state index is 0.402. The minimum Gasteiger partial charge on any atom is -0.316 e. The fourth-order valence-electron chi connectivity index (χ4n) is 2.03. The lowest BCUT2D eigenvalue weighted by atomic mass is 9.82. The van der Waals surface area contributed by atoms with Gasteiger partial charge in [0.2, 0.25) is 0 Å². The van der Waals surface area contributed by atoms with Crippen molar-refractivity contribution >= 4 is 0 Å². The standard InChI is InChI=1S/C14H27N3/c1-5-10-15-12-14(3,6-2)9-7-13-8-11-16-17(13)4/h8,11,15H,5-7,9-10,12H2,1-4H3. The summed E-state index contributed by atoms with van der Waals surface area (Å²) in [6, 6.07) is 2.12. The van der Waals surface area contributed by atoms with Gasteiger partial charge in [0.15, 0.2) is 0 Å². The van der Waals surface area contributed by atoms with Crippen molar-refractivity contribution in [3.05, 3.63) is 18.0 Å². The molecule has 0 fully saturated rings. The van der Waals surface area contributed by atoms with E-state index in [-0.39, 0.29) is 0 Å². The van der Waals surface area contributed by atoms with E-state index in [0.29, 0.717) is 5.41 Å². The molecule has 0 saturated heterocycles. The highest BCUT2D eigenvalue weighted by Gasteiger charge is 2.21. The van der Waals surface area contributed by atoms with Crippen LogP contribution in [-0.4, -0.2) is 22.9 Å². The van der Waals surface area contributed by atoms with E-state index >= 15 is 0 Å². The third-order valence-corrected chi connectivity index (χ3v) is 3.74. The van der Waals surface area contributed by atoms with E-state index in [0.717, 1.165) is 19.5 Å². The van der Waals surface area contributed by atoms with E-state index in [4.69, 9.17) is 0 Å². The van der Waals surface area contributed by atoms with E-state index in [1.807, 2.05) is 17.9 Å². The molecule has 1 rings (SSSR count). The Balaban J connectivity index is 2.42. The normalized spacial score (nSPS) is 14.8. The molecule has 1 aromatic heterocycles. The Morgan fingerprint density at radius 3 is 2.71 bits per heavy atom. The molecular formula is C14H27N3. The Kier molecular flexibility index (Phi) is 5.69. The molecule has 0 aliphatic carbocycles. The largest absolute Gasteiger partial charge is 0.316 e. The maximum absolute atomic E-state index is 4.22. The maximum atomic E-state index is 4.22. The molecule has 0 aliphatic heterocycles. The summed E-state index contributed by atoms with van der Waals surface area (Å²) in [4.78, 5) is 0. The molecule has 0 aromatic carbocycles. The number of aryl methyl sites for hydroxylation is 2. The van der Waals surface area contributed by atoms with Gasteiger partial charge >= 0.3 is 0 Å². The van der Waals surface area contributed by atoms with E-state index in [1.165, 1.54) is 25.0 Å². The summed E-state index contributed by atoms with van der Waals surface area (Å²) in [6.45, 7) is 9.13. The first kappa shape index (κ1) is 14.2. The molecule has 1 atom stereocenters. The lowest BCUT2D eigenvalue weighted by Gasteiger charge is -2.28. The van der Waals surface area contributed by atoms with Gasteiger partial charge in [-0.1, -0.05) is 20.8 Å². The summed E-state index contributed by atoms with van der Waals surface area (Å²) in [5.74, 6) is 0. The summed E-state index contributed by atoms with van der Waals surface area (Å²) < 4.78 is 1.98. The van der Waals surface area contributed by atoms with Crippen LogP contribution in [-0.2, 0) is 13.5 Å². The van der Waals surface area contributed by atoms with Crippen molar-refractivity contribution in [3.63, 3.8) is 0 Å². The van der Waals surface area contributed by atoms with Crippen LogP contribution in [0.15, 0.2) is 12.3 Å². The molecule has 0 saturated carbocycles. The van der Waals surface area contributed by atoms with E-state index in [1.54, 1.807) is 0 Å². The zero-order valence-electron chi connectivity index (χ0n) is 11.8. The third kappa shape index (κ3) is 4.50. The number of aromatic nitrogens is 2. The SMILES string of the molecule is CCCNCC(C)(CC)CCc1ccnn1C. The van der Waals surface area contributed by atoms with Crippen molar-refractivity contribution in [2.24, 2.45) is 12.5 Å². The number of hydrogen-bond acceptors (Lipinski definition) is 2. The van der Waals surface area contributed by atoms with E-state index < -0.39 is 0 Å². The topological polar surface area (TPSA) is 29.9 Å². The summed E-state index contributed by atoms with van der Waals surface area (Å²) in [6.07, 6.45) is 6.66. The van der Waals surface area contributed by atoms with Crippen LogP contribution in [0.3, 0.4) is 0 Å².